The minimum absolute atomic E-state index is 0.0573. The van der Waals surface area contributed by atoms with Gasteiger partial charge in [0, 0.05) is 0 Å². The van der Waals surface area contributed by atoms with Gasteiger partial charge >= 0.3 is 5.97 Å². The van der Waals surface area contributed by atoms with Gasteiger partial charge in [0.05, 0.1) is 13.7 Å². The van der Waals surface area contributed by atoms with Crippen molar-refractivity contribution in [2.45, 2.75) is 26.6 Å². The molecule has 1 N–H and O–H groups in total. The van der Waals surface area contributed by atoms with Crippen LogP contribution in [0.25, 0.3) is 0 Å². The molecule has 94 valence electrons. The predicted octanol–water partition coefficient (Wildman–Crippen LogP) is 2.32. The summed E-state index contributed by atoms with van der Waals surface area (Å²) >= 11 is 0. The summed E-state index contributed by atoms with van der Waals surface area (Å²) in [4.78, 5) is 10.9. The molecule has 0 fully saturated rings. The molecule has 0 saturated carbocycles. The SMILES string of the molecule is COc1cccc(COC(C(=O)O)C(C)C)c1. The topological polar surface area (TPSA) is 55.8 Å². The first-order chi connectivity index (χ1) is 8.04. The molecular formula is C13H18O4. The summed E-state index contributed by atoms with van der Waals surface area (Å²) in [5.41, 5.74) is 0.899. The fourth-order valence-corrected chi connectivity index (χ4v) is 1.50. The van der Waals surface area contributed by atoms with E-state index in [2.05, 4.69) is 0 Å². The molecule has 1 rings (SSSR count). The van der Waals surface area contributed by atoms with E-state index in [-0.39, 0.29) is 12.5 Å². The van der Waals surface area contributed by atoms with Gasteiger partial charge in [0.2, 0.25) is 0 Å². The first-order valence-corrected chi connectivity index (χ1v) is 5.52. The highest BCUT2D eigenvalue weighted by molar-refractivity contribution is 5.72. The molecule has 1 aromatic carbocycles. The van der Waals surface area contributed by atoms with Gasteiger partial charge in [-0.2, -0.15) is 0 Å². The third-order valence-corrected chi connectivity index (χ3v) is 2.41. The van der Waals surface area contributed by atoms with Crippen molar-refractivity contribution in [2.75, 3.05) is 7.11 Å². The quantitative estimate of drug-likeness (QED) is 0.826. The lowest BCUT2D eigenvalue weighted by molar-refractivity contribution is -0.154. The number of carboxylic acid groups (broad SMARTS) is 1. The number of aliphatic carboxylic acids is 1. The molecule has 1 aromatic rings. The second kappa shape index (κ2) is 6.25. The van der Waals surface area contributed by atoms with Gasteiger partial charge in [0.15, 0.2) is 6.10 Å². The van der Waals surface area contributed by atoms with Crippen LogP contribution in [-0.2, 0) is 16.1 Å². The van der Waals surface area contributed by atoms with E-state index in [0.29, 0.717) is 0 Å². The number of hydrogen-bond donors (Lipinski definition) is 1. The van der Waals surface area contributed by atoms with E-state index in [1.54, 1.807) is 7.11 Å². The molecule has 0 amide bonds. The third-order valence-electron chi connectivity index (χ3n) is 2.41. The molecule has 0 aliphatic carbocycles. The molecule has 0 radical (unpaired) electrons. The Morgan fingerprint density at radius 1 is 1.41 bits per heavy atom. The van der Waals surface area contributed by atoms with Crippen LogP contribution in [0.5, 0.6) is 5.75 Å². The van der Waals surface area contributed by atoms with Gasteiger partial charge in [0.1, 0.15) is 5.75 Å². The normalized spacial score (nSPS) is 12.5. The molecular weight excluding hydrogens is 220 g/mol. The van der Waals surface area contributed by atoms with Gasteiger partial charge in [-0.15, -0.1) is 0 Å². The summed E-state index contributed by atoms with van der Waals surface area (Å²) < 4.78 is 10.5. The summed E-state index contributed by atoms with van der Waals surface area (Å²) in [5.74, 6) is -0.247. The van der Waals surface area contributed by atoms with Crippen LogP contribution in [0.1, 0.15) is 19.4 Å². The largest absolute Gasteiger partial charge is 0.497 e. The van der Waals surface area contributed by atoms with Crippen LogP contribution in [0.3, 0.4) is 0 Å². The predicted molar refractivity (Wildman–Crippen MR) is 64.0 cm³/mol. The highest BCUT2D eigenvalue weighted by Gasteiger charge is 2.21. The lowest BCUT2D eigenvalue weighted by atomic mass is 10.1. The number of carboxylic acids is 1. The van der Waals surface area contributed by atoms with Crippen molar-refractivity contribution >= 4 is 5.97 Å². The molecule has 17 heavy (non-hydrogen) atoms. The molecule has 0 bridgehead atoms. The van der Waals surface area contributed by atoms with E-state index in [1.165, 1.54) is 0 Å². The molecule has 1 atom stereocenters. The number of carbonyl (C=O) groups is 1. The number of ether oxygens (including phenoxy) is 2. The zero-order valence-electron chi connectivity index (χ0n) is 10.3. The first-order valence-electron chi connectivity index (χ1n) is 5.52. The van der Waals surface area contributed by atoms with Gasteiger partial charge in [-0.25, -0.2) is 4.79 Å². The van der Waals surface area contributed by atoms with Crippen LogP contribution in [0, 0.1) is 5.92 Å². The summed E-state index contributed by atoms with van der Waals surface area (Å²) in [6, 6.07) is 7.39. The molecule has 0 aromatic heterocycles. The van der Waals surface area contributed by atoms with Gasteiger partial charge in [-0.1, -0.05) is 26.0 Å². The third kappa shape index (κ3) is 4.07. The molecule has 0 aliphatic heterocycles. The van der Waals surface area contributed by atoms with Crippen molar-refractivity contribution in [2.24, 2.45) is 5.92 Å². The molecule has 0 aliphatic rings. The highest BCUT2D eigenvalue weighted by atomic mass is 16.5. The maximum atomic E-state index is 10.9. The molecule has 1 unspecified atom stereocenters. The Morgan fingerprint density at radius 2 is 2.12 bits per heavy atom. The average molecular weight is 238 g/mol. The maximum Gasteiger partial charge on any atom is 0.333 e. The number of hydrogen-bond acceptors (Lipinski definition) is 3. The Balaban J connectivity index is 2.62. The Bertz CT molecular complexity index is 373. The zero-order chi connectivity index (χ0) is 12.8. The van der Waals surface area contributed by atoms with Gasteiger partial charge in [-0.3, -0.25) is 0 Å². The maximum absolute atomic E-state index is 10.9. The number of benzene rings is 1. The standard InChI is InChI=1S/C13H18O4/c1-9(2)12(13(14)15)17-8-10-5-4-6-11(7-10)16-3/h4-7,9,12H,8H2,1-3H3,(H,14,15). The molecule has 0 saturated heterocycles. The van der Waals surface area contributed by atoms with E-state index in [1.807, 2.05) is 38.1 Å². The highest BCUT2D eigenvalue weighted by Crippen LogP contribution is 2.15. The number of methoxy groups -OCH3 is 1. The van der Waals surface area contributed by atoms with Gasteiger partial charge < -0.3 is 14.6 Å². The molecule has 4 nitrogen and oxygen atoms in total. The minimum Gasteiger partial charge on any atom is -0.497 e. The van der Waals surface area contributed by atoms with Crippen molar-refractivity contribution in [3.05, 3.63) is 29.8 Å². The fraction of sp³-hybridized carbons (Fsp3) is 0.462. The van der Waals surface area contributed by atoms with Crippen LogP contribution in [0.15, 0.2) is 24.3 Å². The van der Waals surface area contributed by atoms with Crippen LogP contribution >= 0.6 is 0 Å². The summed E-state index contributed by atoms with van der Waals surface area (Å²) in [5, 5.41) is 8.97. The Morgan fingerprint density at radius 3 is 2.65 bits per heavy atom. The smallest absolute Gasteiger partial charge is 0.333 e. The summed E-state index contributed by atoms with van der Waals surface area (Å²) in [7, 11) is 1.59. The van der Waals surface area contributed by atoms with Crippen molar-refractivity contribution < 1.29 is 19.4 Å². The Hall–Kier alpha value is -1.55. The second-order valence-corrected chi connectivity index (χ2v) is 4.17. The van der Waals surface area contributed by atoms with Gasteiger partial charge in [-0.05, 0) is 23.6 Å². The molecule has 4 heteroatoms. The van der Waals surface area contributed by atoms with Crippen molar-refractivity contribution in [3.8, 4) is 5.75 Å². The molecule has 0 heterocycles. The van der Waals surface area contributed by atoms with Crippen molar-refractivity contribution in [3.63, 3.8) is 0 Å². The lowest BCUT2D eigenvalue weighted by Gasteiger charge is -2.17. The van der Waals surface area contributed by atoms with Crippen LogP contribution in [0.4, 0.5) is 0 Å². The van der Waals surface area contributed by atoms with Crippen LogP contribution in [0.2, 0.25) is 0 Å². The first kappa shape index (κ1) is 13.5. The lowest BCUT2D eigenvalue weighted by Crippen LogP contribution is -2.29. The van der Waals surface area contributed by atoms with Crippen LogP contribution in [-0.4, -0.2) is 24.3 Å². The van der Waals surface area contributed by atoms with E-state index in [9.17, 15) is 4.79 Å². The van der Waals surface area contributed by atoms with Gasteiger partial charge in [0.25, 0.3) is 0 Å². The van der Waals surface area contributed by atoms with Crippen molar-refractivity contribution in [1.29, 1.82) is 0 Å². The Kier molecular flexibility index (Phi) is 4.97. The van der Waals surface area contributed by atoms with E-state index in [0.717, 1.165) is 11.3 Å². The van der Waals surface area contributed by atoms with E-state index in [4.69, 9.17) is 14.6 Å². The average Bonchev–Trinajstić information content (AvgIpc) is 2.28. The van der Waals surface area contributed by atoms with E-state index >= 15 is 0 Å². The van der Waals surface area contributed by atoms with Crippen LogP contribution < -0.4 is 4.74 Å². The summed E-state index contributed by atoms with van der Waals surface area (Å²) in [6.07, 6.45) is -0.777. The summed E-state index contributed by atoms with van der Waals surface area (Å²) in [6.45, 7) is 3.92. The fourth-order valence-electron chi connectivity index (χ4n) is 1.50. The Labute approximate surface area is 101 Å². The second-order valence-electron chi connectivity index (χ2n) is 4.17. The van der Waals surface area contributed by atoms with Crippen molar-refractivity contribution in [1.82, 2.24) is 0 Å². The zero-order valence-corrected chi connectivity index (χ0v) is 10.3. The minimum atomic E-state index is -0.928. The monoisotopic (exact) mass is 238 g/mol. The molecule has 0 spiro atoms. The number of rotatable bonds is 6. The van der Waals surface area contributed by atoms with E-state index < -0.39 is 12.1 Å².